The summed E-state index contributed by atoms with van der Waals surface area (Å²) in [6, 6.07) is 20.8. The van der Waals surface area contributed by atoms with E-state index >= 15 is 0 Å². The molecule has 6 nitrogen and oxygen atoms in total. The fourth-order valence-corrected chi connectivity index (χ4v) is 7.29. The third-order valence-corrected chi connectivity index (χ3v) is 8.98. The Hall–Kier alpha value is -2.99. The highest BCUT2D eigenvalue weighted by Gasteiger charge is 2.42. The molecule has 0 spiro atoms. The van der Waals surface area contributed by atoms with Gasteiger partial charge in [-0.1, -0.05) is 48.5 Å². The lowest BCUT2D eigenvalue weighted by molar-refractivity contribution is -0.116. The summed E-state index contributed by atoms with van der Waals surface area (Å²) in [5, 5.41) is 5.62. The van der Waals surface area contributed by atoms with Crippen molar-refractivity contribution >= 4 is 57.1 Å². The Kier molecular flexibility index (Phi) is 7.37. The number of thiophene rings is 1. The summed E-state index contributed by atoms with van der Waals surface area (Å²) in [4.78, 5) is 27.4. The second kappa shape index (κ2) is 10.2. The van der Waals surface area contributed by atoms with Gasteiger partial charge >= 0.3 is 5.97 Å². The lowest BCUT2D eigenvalue weighted by Gasteiger charge is -2.25. The monoisotopic (exact) mass is 523 g/mol. The molecule has 1 heterocycles. The zero-order valence-corrected chi connectivity index (χ0v) is 22.7. The van der Waals surface area contributed by atoms with Crippen LogP contribution in [0.4, 0.5) is 5.69 Å². The maximum Gasteiger partial charge on any atom is 0.349 e. The van der Waals surface area contributed by atoms with E-state index in [4.69, 9.17) is 9.26 Å². The number of carbonyl (C=O) groups excluding carboxylic acids is 2. The van der Waals surface area contributed by atoms with Crippen LogP contribution in [0, 0.1) is 0 Å². The molecule has 0 aliphatic carbocycles. The Bertz CT molecular complexity index is 1490. The predicted octanol–water partition coefficient (Wildman–Crippen LogP) is 7.63. The fourth-order valence-electron chi connectivity index (χ4n) is 4.20. The number of anilines is 1. The number of amides is 1. The topological polar surface area (TPSA) is 81.7 Å². The van der Waals surface area contributed by atoms with Crippen LogP contribution in [0.25, 0.3) is 20.9 Å². The molecule has 0 saturated carbocycles. The summed E-state index contributed by atoms with van der Waals surface area (Å²) in [5.41, 5.74) is -0.994. The third-order valence-electron chi connectivity index (χ3n) is 5.61. The van der Waals surface area contributed by atoms with Gasteiger partial charge in [0.25, 0.3) is 0 Å². The van der Waals surface area contributed by atoms with Gasteiger partial charge in [-0.25, -0.2) is 4.79 Å². The van der Waals surface area contributed by atoms with Crippen molar-refractivity contribution in [3.8, 4) is 0 Å². The first-order valence-corrected chi connectivity index (χ1v) is 14.7. The van der Waals surface area contributed by atoms with Crippen LogP contribution >= 0.6 is 18.7 Å². The Morgan fingerprint density at radius 1 is 1.00 bits per heavy atom. The van der Waals surface area contributed by atoms with Crippen molar-refractivity contribution in [1.82, 2.24) is 0 Å². The molecule has 2 unspecified atom stereocenters. The van der Waals surface area contributed by atoms with Crippen LogP contribution in [-0.4, -0.2) is 30.7 Å². The number of rotatable bonds is 7. The Morgan fingerprint density at radius 3 is 2.36 bits per heavy atom. The van der Waals surface area contributed by atoms with Crippen LogP contribution in [0.2, 0.25) is 0 Å². The smallest absolute Gasteiger partial charge is 0.349 e. The molecule has 36 heavy (non-hydrogen) atoms. The molecule has 1 aromatic heterocycles. The summed E-state index contributed by atoms with van der Waals surface area (Å²) in [5.74, 6) is -1.06. The number of fused-ring (bicyclic) bond motifs is 2. The van der Waals surface area contributed by atoms with Gasteiger partial charge in [0.2, 0.25) is 13.3 Å². The minimum Gasteiger partial charge on any atom is -0.456 e. The van der Waals surface area contributed by atoms with Crippen LogP contribution < -0.4 is 5.32 Å². The fraction of sp³-hybridized carbons (Fsp3) is 0.286. The van der Waals surface area contributed by atoms with Crippen molar-refractivity contribution in [2.45, 2.75) is 39.0 Å². The van der Waals surface area contributed by atoms with Gasteiger partial charge < -0.3 is 14.6 Å². The number of nitrogens with one attached hydrogen (secondary N) is 1. The Morgan fingerprint density at radius 2 is 1.67 bits per heavy atom. The number of ether oxygens (including phenoxy) is 1. The van der Waals surface area contributed by atoms with Gasteiger partial charge in [0.1, 0.15) is 16.1 Å². The van der Waals surface area contributed by atoms with E-state index in [0.29, 0.717) is 16.6 Å². The first-order valence-electron chi connectivity index (χ1n) is 11.8. The maximum absolute atomic E-state index is 13.9. The van der Waals surface area contributed by atoms with Crippen LogP contribution in [0.1, 0.15) is 48.6 Å². The van der Waals surface area contributed by atoms with E-state index in [0.717, 1.165) is 15.5 Å². The van der Waals surface area contributed by atoms with E-state index in [2.05, 4.69) is 5.32 Å². The summed E-state index contributed by atoms with van der Waals surface area (Å²) in [6.45, 7) is 8.70. The molecule has 1 N–H and O–H groups in total. The lowest BCUT2D eigenvalue weighted by Crippen LogP contribution is -2.26. The number of hydrogen-bond acceptors (Lipinski definition) is 6. The predicted molar refractivity (Wildman–Crippen MR) is 147 cm³/mol. The molecule has 1 amide bonds. The van der Waals surface area contributed by atoms with E-state index in [1.165, 1.54) is 18.0 Å². The van der Waals surface area contributed by atoms with Crippen LogP contribution in [0.3, 0.4) is 0 Å². The van der Waals surface area contributed by atoms with Gasteiger partial charge in [-0.3, -0.25) is 9.36 Å². The first-order chi connectivity index (χ1) is 17.0. The van der Waals surface area contributed by atoms with Crippen molar-refractivity contribution < 1.29 is 23.4 Å². The van der Waals surface area contributed by atoms with Crippen molar-refractivity contribution in [3.05, 3.63) is 77.2 Å². The number of hydrogen-bond donors (Lipinski definition) is 1. The second-order valence-corrected chi connectivity index (χ2v) is 13.3. The molecule has 0 saturated heterocycles. The lowest BCUT2D eigenvalue weighted by atomic mass is 10.1. The Balaban J connectivity index is 1.85. The molecule has 3 aromatic carbocycles. The van der Waals surface area contributed by atoms with Gasteiger partial charge in [0, 0.05) is 22.6 Å². The highest BCUT2D eigenvalue weighted by atomic mass is 32.1. The molecule has 2 atom stereocenters. The van der Waals surface area contributed by atoms with E-state index in [1.807, 2.05) is 60.7 Å². The molecule has 4 rings (SSSR count). The van der Waals surface area contributed by atoms with Crippen molar-refractivity contribution in [3.63, 3.8) is 0 Å². The summed E-state index contributed by atoms with van der Waals surface area (Å²) >= 11 is 1.23. The number of benzene rings is 3. The Labute approximate surface area is 215 Å². The molecule has 8 heteroatoms. The molecule has 188 valence electrons. The summed E-state index contributed by atoms with van der Waals surface area (Å²) in [6.07, 6.45) is 0. The molecule has 0 fully saturated rings. The SMILES string of the molecule is CCOP(C)(=O)C(C(=O)Nc1ccc2ccccc2c1)c1c(C(=O)OC(C)(C)C)sc2ccccc12. The molecular weight excluding hydrogens is 493 g/mol. The largest absolute Gasteiger partial charge is 0.456 e. The summed E-state index contributed by atoms with van der Waals surface area (Å²) in [7, 11) is -3.57. The van der Waals surface area contributed by atoms with Crippen LogP contribution in [0.15, 0.2) is 66.7 Å². The molecule has 4 aromatic rings. The van der Waals surface area contributed by atoms with E-state index in [1.54, 1.807) is 33.8 Å². The van der Waals surface area contributed by atoms with Gasteiger partial charge in [0.15, 0.2) is 0 Å². The highest BCUT2D eigenvalue weighted by molar-refractivity contribution is 7.59. The van der Waals surface area contributed by atoms with Crippen LogP contribution in [0.5, 0.6) is 0 Å². The van der Waals surface area contributed by atoms with Gasteiger partial charge in [-0.15, -0.1) is 11.3 Å². The number of carbonyl (C=O) groups is 2. The van der Waals surface area contributed by atoms with Gasteiger partial charge in [-0.05, 0) is 62.1 Å². The first kappa shape index (κ1) is 26.1. The van der Waals surface area contributed by atoms with Gasteiger partial charge in [0.05, 0.1) is 6.61 Å². The third kappa shape index (κ3) is 5.54. The van der Waals surface area contributed by atoms with E-state index in [-0.39, 0.29) is 11.5 Å². The minimum absolute atomic E-state index is 0.164. The normalized spacial score (nSPS) is 14.4. The molecular formula is C28H30NO5PS. The number of esters is 1. The molecule has 0 bridgehead atoms. The summed E-state index contributed by atoms with van der Waals surface area (Å²) < 4.78 is 26.1. The zero-order chi connectivity index (χ0) is 26.1. The van der Waals surface area contributed by atoms with Gasteiger partial charge in [-0.2, -0.15) is 0 Å². The van der Waals surface area contributed by atoms with E-state index < -0.39 is 30.5 Å². The maximum atomic E-state index is 13.9. The zero-order valence-electron chi connectivity index (χ0n) is 21.0. The minimum atomic E-state index is -3.57. The van der Waals surface area contributed by atoms with Crippen molar-refractivity contribution in [2.24, 2.45) is 0 Å². The standard InChI is InChI=1S/C28H30NO5PS/c1-6-33-35(5,32)24(26(30)29-20-16-15-18-11-7-8-12-19(18)17-20)23-21-13-9-10-14-22(21)36-25(23)27(31)34-28(2,3)4/h7-17,24H,6H2,1-5H3,(H,29,30). The average molecular weight is 524 g/mol. The van der Waals surface area contributed by atoms with Crippen LogP contribution in [-0.2, 0) is 18.6 Å². The quantitative estimate of drug-likeness (QED) is 0.199. The van der Waals surface area contributed by atoms with Crippen molar-refractivity contribution in [2.75, 3.05) is 18.6 Å². The average Bonchev–Trinajstić information content (AvgIpc) is 3.17. The molecule has 0 aliphatic heterocycles. The highest BCUT2D eigenvalue weighted by Crippen LogP contribution is 2.60. The second-order valence-electron chi connectivity index (χ2n) is 9.62. The molecule has 0 aliphatic rings. The van der Waals surface area contributed by atoms with E-state index in [9.17, 15) is 14.2 Å². The molecule has 0 radical (unpaired) electrons. The van der Waals surface area contributed by atoms with Crippen molar-refractivity contribution in [1.29, 1.82) is 0 Å².